The fraction of sp³-hybridized carbons (Fsp3) is 0.571. The van der Waals surface area contributed by atoms with Crippen molar-refractivity contribution in [2.45, 2.75) is 82.7 Å². The summed E-state index contributed by atoms with van der Waals surface area (Å²) in [5.41, 5.74) is 2.61. The van der Waals surface area contributed by atoms with Gasteiger partial charge in [-0.05, 0) is 68.7 Å². The zero-order chi connectivity index (χ0) is 28.9. The predicted molar refractivity (Wildman–Crippen MR) is 166 cm³/mol. The molecule has 1 aromatic heterocycles. The number of hydrogen-bond donors (Lipinski definition) is 1. The van der Waals surface area contributed by atoms with Gasteiger partial charge in [0.25, 0.3) is 0 Å². The van der Waals surface area contributed by atoms with E-state index in [0.717, 1.165) is 83.0 Å². The Bertz CT molecular complexity index is 1280. The molecular formula is C35H47N5O2. The van der Waals surface area contributed by atoms with Gasteiger partial charge >= 0.3 is 5.97 Å². The van der Waals surface area contributed by atoms with E-state index < -0.39 is 5.97 Å². The van der Waals surface area contributed by atoms with Gasteiger partial charge in [-0.15, -0.1) is 0 Å². The summed E-state index contributed by atoms with van der Waals surface area (Å²) in [6, 6.07) is 21.0. The molecule has 2 saturated heterocycles. The van der Waals surface area contributed by atoms with Crippen LogP contribution in [0.4, 0.5) is 0 Å². The van der Waals surface area contributed by atoms with E-state index in [2.05, 4.69) is 76.0 Å². The van der Waals surface area contributed by atoms with E-state index in [9.17, 15) is 9.90 Å². The summed E-state index contributed by atoms with van der Waals surface area (Å²) in [6.07, 6.45) is 8.65. The number of carboxylic acid groups (broad SMARTS) is 1. The van der Waals surface area contributed by atoms with Gasteiger partial charge in [-0.25, -0.2) is 9.67 Å². The fourth-order valence-corrected chi connectivity index (χ4v) is 8.00. The molecule has 42 heavy (non-hydrogen) atoms. The first-order valence-corrected chi connectivity index (χ1v) is 16.3. The summed E-state index contributed by atoms with van der Waals surface area (Å²) in [4.78, 5) is 22.6. The Hall–Kier alpha value is -3.03. The van der Waals surface area contributed by atoms with Crippen molar-refractivity contribution in [3.8, 4) is 0 Å². The molecule has 3 heterocycles. The lowest BCUT2D eigenvalue weighted by Gasteiger charge is -2.35. The third-order valence-electron chi connectivity index (χ3n) is 10.1. The minimum absolute atomic E-state index is 0.282. The first kappa shape index (κ1) is 29.1. The Morgan fingerprint density at radius 1 is 0.929 bits per heavy atom. The number of aliphatic carboxylic acids is 1. The van der Waals surface area contributed by atoms with Crippen LogP contribution in [0.3, 0.4) is 0 Å². The Kier molecular flexibility index (Phi) is 9.35. The number of nitrogens with zero attached hydrogens (tertiary/aromatic N) is 5. The third-order valence-corrected chi connectivity index (χ3v) is 10.1. The van der Waals surface area contributed by atoms with E-state index in [1.165, 1.54) is 30.4 Å². The maximum atomic E-state index is 12.6. The van der Waals surface area contributed by atoms with Gasteiger partial charge in [0.15, 0.2) is 5.82 Å². The van der Waals surface area contributed by atoms with Crippen molar-refractivity contribution in [3.05, 3.63) is 83.4 Å². The van der Waals surface area contributed by atoms with Crippen LogP contribution < -0.4 is 0 Å². The van der Waals surface area contributed by atoms with Gasteiger partial charge in [-0.2, -0.15) is 5.10 Å². The maximum Gasteiger partial charge on any atom is 0.321 e. The van der Waals surface area contributed by atoms with Crippen LogP contribution >= 0.6 is 0 Å². The van der Waals surface area contributed by atoms with Gasteiger partial charge < -0.3 is 10.0 Å². The van der Waals surface area contributed by atoms with Crippen LogP contribution in [0.5, 0.6) is 0 Å². The average molecular weight is 570 g/mol. The lowest BCUT2D eigenvalue weighted by Crippen LogP contribution is -2.46. The number of piperidine rings is 1. The van der Waals surface area contributed by atoms with Crippen LogP contribution in [-0.2, 0) is 17.8 Å². The molecule has 0 unspecified atom stereocenters. The molecule has 0 amide bonds. The highest BCUT2D eigenvalue weighted by molar-refractivity contribution is 5.74. The molecular weight excluding hydrogens is 522 g/mol. The average Bonchev–Trinajstić information content (AvgIpc) is 3.63. The fourth-order valence-electron chi connectivity index (χ4n) is 8.00. The Balaban J connectivity index is 1.12. The molecule has 1 aliphatic carbocycles. The third kappa shape index (κ3) is 6.63. The van der Waals surface area contributed by atoms with E-state index in [4.69, 9.17) is 10.1 Å². The van der Waals surface area contributed by atoms with Gasteiger partial charge in [0, 0.05) is 44.4 Å². The number of hydrogen-bond acceptors (Lipinski definition) is 5. The molecule has 7 nitrogen and oxygen atoms in total. The molecule has 3 fully saturated rings. The van der Waals surface area contributed by atoms with Crippen LogP contribution in [0.2, 0.25) is 0 Å². The first-order chi connectivity index (χ1) is 20.6. The number of likely N-dealkylation sites (tertiary alicyclic amines) is 2. The number of carboxylic acids is 1. The second kappa shape index (κ2) is 13.5. The summed E-state index contributed by atoms with van der Waals surface area (Å²) in [7, 11) is 0. The van der Waals surface area contributed by atoms with Crippen molar-refractivity contribution in [1.29, 1.82) is 0 Å². The van der Waals surface area contributed by atoms with Gasteiger partial charge in [0.05, 0.1) is 0 Å². The van der Waals surface area contributed by atoms with Crippen molar-refractivity contribution in [3.63, 3.8) is 0 Å². The van der Waals surface area contributed by atoms with Crippen molar-refractivity contribution in [2.75, 3.05) is 32.7 Å². The molecule has 224 valence electrons. The number of rotatable bonds is 10. The van der Waals surface area contributed by atoms with Gasteiger partial charge in [-0.1, -0.05) is 79.9 Å². The summed E-state index contributed by atoms with van der Waals surface area (Å²) in [6.45, 7) is 7.87. The molecule has 3 aromatic rings. The second-order valence-corrected chi connectivity index (χ2v) is 12.9. The van der Waals surface area contributed by atoms with E-state index >= 15 is 0 Å². The van der Waals surface area contributed by atoms with Crippen molar-refractivity contribution in [1.82, 2.24) is 24.6 Å². The quantitative estimate of drug-likeness (QED) is 0.332. The standard InChI is InChI=1S/C35H47N5O2/c1-2-40-34(36-32(37-40)22-26-12-6-3-7-13-26)29-18-20-38(21-19-29)23-30-24-39(25-31(30)27-14-8-4-9-15-27)33(35(41)42)28-16-10-5-11-17-28/h3-4,6-9,12-15,28-31,33H,2,5,10-11,16-25H2,1H3,(H,41,42)/t30-,31+,33+/m0/s1. The molecule has 6 rings (SSSR count). The SMILES string of the molecule is CCn1nc(Cc2ccccc2)nc1C1CCN(C[C@H]2CN([C@@H](C(=O)O)C3CCCCC3)C[C@@H]2c2ccccc2)CC1. The molecule has 3 atom stereocenters. The number of aryl methyl sites for hydroxylation is 1. The smallest absolute Gasteiger partial charge is 0.321 e. The Morgan fingerprint density at radius 2 is 1.62 bits per heavy atom. The zero-order valence-electron chi connectivity index (χ0n) is 25.2. The normalized spacial score (nSPS) is 23.7. The van der Waals surface area contributed by atoms with Crippen LogP contribution in [-0.4, -0.2) is 74.4 Å². The highest BCUT2D eigenvalue weighted by Crippen LogP contribution is 2.39. The molecule has 3 aliphatic rings. The largest absolute Gasteiger partial charge is 0.480 e. The molecule has 0 radical (unpaired) electrons. The number of aromatic nitrogens is 3. The van der Waals surface area contributed by atoms with E-state index in [1.807, 2.05) is 6.07 Å². The van der Waals surface area contributed by atoms with E-state index in [0.29, 0.717) is 17.8 Å². The molecule has 0 spiro atoms. The highest BCUT2D eigenvalue weighted by atomic mass is 16.4. The van der Waals surface area contributed by atoms with Crippen LogP contribution in [0.25, 0.3) is 0 Å². The molecule has 0 bridgehead atoms. The van der Waals surface area contributed by atoms with Crippen LogP contribution in [0.1, 0.15) is 86.5 Å². The highest BCUT2D eigenvalue weighted by Gasteiger charge is 2.43. The van der Waals surface area contributed by atoms with Crippen molar-refractivity contribution < 1.29 is 9.90 Å². The van der Waals surface area contributed by atoms with Crippen molar-refractivity contribution >= 4 is 5.97 Å². The Morgan fingerprint density at radius 3 is 2.29 bits per heavy atom. The van der Waals surface area contributed by atoms with Gasteiger partial charge in [0.1, 0.15) is 11.9 Å². The molecule has 7 heteroatoms. The molecule has 1 N–H and O–H groups in total. The lowest BCUT2D eigenvalue weighted by atomic mass is 9.83. The van der Waals surface area contributed by atoms with Gasteiger partial charge in [0.2, 0.25) is 0 Å². The summed E-state index contributed by atoms with van der Waals surface area (Å²) in [5.74, 6) is 2.97. The van der Waals surface area contributed by atoms with Crippen LogP contribution in [0.15, 0.2) is 60.7 Å². The minimum Gasteiger partial charge on any atom is -0.480 e. The van der Waals surface area contributed by atoms with Gasteiger partial charge in [-0.3, -0.25) is 9.69 Å². The summed E-state index contributed by atoms with van der Waals surface area (Å²) >= 11 is 0. The van der Waals surface area contributed by atoms with Crippen LogP contribution in [0, 0.1) is 11.8 Å². The Labute approximate surface area is 250 Å². The second-order valence-electron chi connectivity index (χ2n) is 12.9. The summed E-state index contributed by atoms with van der Waals surface area (Å²) in [5, 5.41) is 15.2. The first-order valence-electron chi connectivity index (χ1n) is 16.3. The summed E-state index contributed by atoms with van der Waals surface area (Å²) < 4.78 is 2.12. The number of carbonyl (C=O) groups is 1. The zero-order valence-corrected chi connectivity index (χ0v) is 25.2. The van der Waals surface area contributed by atoms with Crippen molar-refractivity contribution in [2.24, 2.45) is 11.8 Å². The predicted octanol–water partition coefficient (Wildman–Crippen LogP) is 5.82. The minimum atomic E-state index is -0.623. The molecule has 1 saturated carbocycles. The number of benzene rings is 2. The monoisotopic (exact) mass is 569 g/mol. The lowest BCUT2D eigenvalue weighted by molar-refractivity contribution is -0.145. The van der Waals surface area contributed by atoms with E-state index in [-0.39, 0.29) is 12.0 Å². The van der Waals surface area contributed by atoms with E-state index in [1.54, 1.807) is 0 Å². The molecule has 2 aromatic carbocycles. The maximum absolute atomic E-state index is 12.6. The topological polar surface area (TPSA) is 74.5 Å². The molecule has 2 aliphatic heterocycles.